The topological polar surface area (TPSA) is 91.6 Å². The van der Waals surface area contributed by atoms with Crippen LogP contribution < -0.4 is 10.6 Å². The maximum absolute atomic E-state index is 14.5. The smallest absolute Gasteiger partial charge is 0.350 e. The van der Waals surface area contributed by atoms with E-state index >= 15 is 0 Å². The van der Waals surface area contributed by atoms with Crippen molar-refractivity contribution < 1.29 is 14.3 Å². The molecule has 1 N–H and O–H groups in total. The molecule has 4 rings (SSSR count). The summed E-state index contributed by atoms with van der Waals surface area (Å²) < 4.78 is 15.7. The number of amides is 1. The van der Waals surface area contributed by atoms with Crippen LogP contribution in [0.4, 0.5) is 10.2 Å². The molecule has 1 aliphatic rings. The lowest BCUT2D eigenvalue weighted by Crippen LogP contribution is -2.54. The van der Waals surface area contributed by atoms with Gasteiger partial charge in [-0.25, -0.2) is 14.2 Å². The minimum atomic E-state index is -0.686. The summed E-state index contributed by atoms with van der Waals surface area (Å²) in [6.07, 6.45) is 1.28. The molecule has 1 fully saturated rings. The van der Waals surface area contributed by atoms with E-state index in [1.807, 2.05) is 11.8 Å². The molecule has 32 heavy (non-hydrogen) atoms. The molecule has 0 saturated carbocycles. The molecule has 1 saturated heterocycles. The zero-order valence-corrected chi connectivity index (χ0v) is 18.3. The summed E-state index contributed by atoms with van der Waals surface area (Å²) in [6.45, 7) is 6.78. The number of anilines is 1. The van der Waals surface area contributed by atoms with Crippen molar-refractivity contribution in [3.8, 4) is 17.0 Å². The van der Waals surface area contributed by atoms with Crippen molar-refractivity contribution in [2.75, 3.05) is 24.5 Å². The van der Waals surface area contributed by atoms with Crippen molar-refractivity contribution in [3.05, 3.63) is 58.2 Å². The van der Waals surface area contributed by atoms with E-state index in [0.29, 0.717) is 30.8 Å². The summed E-state index contributed by atoms with van der Waals surface area (Å²) in [5.41, 5.74) is -0.409. The minimum Gasteiger partial charge on any atom is -0.507 e. The van der Waals surface area contributed by atoms with Crippen LogP contribution in [-0.2, 0) is 11.8 Å². The Balaban J connectivity index is 1.87. The molecule has 2 aromatic heterocycles. The van der Waals surface area contributed by atoms with Crippen LogP contribution in [0, 0.1) is 5.82 Å². The lowest BCUT2D eigenvalue weighted by molar-refractivity contribution is -0.126. The molecule has 0 spiro atoms. The Morgan fingerprint density at radius 2 is 2.09 bits per heavy atom. The van der Waals surface area contributed by atoms with Crippen molar-refractivity contribution >= 4 is 34.4 Å². The lowest BCUT2D eigenvalue weighted by atomic mass is 10.1. The second kappa shape index (κ2) is 8.23. The summed E-state index contributed by atoms with van der Waals surface area (Å²) in [6, 6.07) is 5.34. The largest absolute Gasteiger partial charge is 0.507 e. The van der Waals surface area contributed by atoms with Crippen LogP contribution in [0.3, 0.4) is 0 Å². The number of aromatic hydroxyl groups is 1. The van der Waals surface area contributed by atoms with Gasteiger partial charge in [0.1, 0.15) is 23.0 Å². The van der Waals surface area contributed by atoms with E-state index in [0.717, 1.165) is 0 Å². The Kier molecular flexibility index (Phi) is 5.60. The van der Waals surface area contributed by atoms with E-state index < -0.39 is 11.5 Å². The Morgan fingerprint density at radius 3 is 2.75 bits per heavy atom. The highest BCUT2D eigenvalue weighted by molar-refractivity contribution is 6.34. The number of carbonyl (C=O) groups excluding carboxylic acids is 1. The van der Waals surface area contributed by atoms with Gasteiger partial charge in [0.05, 0.1) is 21.7 Å². The standard InChI is InChI=1S/C22H21ClFN5O3/c1-4-17(31)28-8-9-29(12(2)11-28)21-13-10-14(23)19(18-15(24)6-5-7-16(18)30)25-20(13)27(3)22(32)26-21/h4-7,10,12,30H,1,8-9,11H2,2-3H3/t12-/m0/s1. The normalized spacial score (nSPS) is 16.4. The van der Waals surface area contributed by atoms with E-state index in [2.05, 4.69) is 16.5 Å². The van der Waals surface area contributed by atoms with Crippen LogP contribution in [0.1, 0.15) is 6.92 Å². The van der Waals surface area contributed by atoms with E-state index in [4.69, 9.17) is 11.6 Å². The highest BCUT2D eigenvalue weighted by Gasteiger charge is 2.29. The summed E-state index contributed by atoms with van der Waals surface area (Å²) in [4.78, 5) is 36.9. The summed E-state index contributed by atoms with van der Waals surface area (Å²) in [7, 11) is 1.51. The van der Waals surface area contributed by atoms with Crippen LogP contribution in [0.2, 0.25) is 5.02 Å². The van der Waals surface area contributed by atoms with Gasteiger partial charge in [-0.2, -0.15) is 4.98 Å². The number of hydrogen-bond donors (Lipinski definition) is 1. The molecule has 0 radical (unpaired) electrons. The number of piperazine rings is 1. The average Bonchev–Trinajstić information content (AvgIpc) is 2.76. The molecule has 1 aromatic carbocycles. The van der Waals surface area contributed by atoms with Crippen LogP contribution in [0.5, 0.6) is 5.75 Å². The van der Waals surface area contributed by atoms with Crippen LogP contribution in [0.15, 0.2) is 41.7 Å². The molecule has 1 atom stereocenters. The molecule has 3 aromatic rings. The number of nitrogens with zero attached hydrogens (tertiary/aromatic N) is 5. The number of pyridine rings is 1. The fourth-order valence-corrected chi connectivity index (χ4v) is 4.20. The van der Waals surface area contributed by atoms with Gasteiger partial charge in [-0.1, -0.05) is 24.2 Å². The van der Waals surface area contributed by atoms with Gasteiger partial charge in [0.2, 0.25) is 5.91 Å². The third kappa shape index (κ3) is 3.58. The van der Waals surface area contributed by atoms with Gasteiger partial charge in [-0.15, -0.1) is 0 Å². The summed E-state index contributed by atoms with van der Waals surface area (Å²) in [5, 5.41) is 10.8. The third-order valence-corrected chi connectivity index (χ3v) is 5.91. The number of aryl methyl sites for hydroxylation is 1. The van der Waals surface area contributed by atoms with Gasteiger partial charge >= 0.3 is 5.69 Å². The first kappa shape index (κ1) is 21.8. The molecule has 10 heteroatoms. The summed E-state index contributed by atoms with van der Waals surface area (Å²) >= 11 is 6.47. The van der Waals surface area contributed by atoms with E-state index in [-0.39, 0.29) is 39.6 Å². The van der Waals surface area contributed by atoms with Gasteiger partial charge in [0.15, 0.2) is 0 Å². The number of benzene rings is 1. The van der Waals surface area contributed by atoms with Gasteiger partial charge in [0, 0.05) is 32.7 Å². The van der Waals surface area contributed by atoms with Crippen molar-refractivity contribution in [3.63, 3.8) is 0 Å². The van der Waals surface area contributed by atoms with E-state index in [9.17, 15) is 19.1 Å². The highest BCUT2D eigenvalue weighted by Crippen LogP contribution is 2.38. The zero-order valence-electron chi connectivity index (χ0n) is 17.5. The van der Waals surface area contributed by atoms with Gasteiger partial charge < -0.3 is 14.9 Å². The van der Waals surface area contributed by atoms with Gasteiger partial charge in [-0.3, -0.25) is 9.36 Å². The molecular formula is C22H21ClFN5O3. The fraction of sp³-hybridized carbons (Fsp3) is 0.273. The number of aromatic nitrogens is 3. The van der Waals surface area contributed by atoms with Crippen molar-refractivity contribution in [1.82, 2.24) is 19.4 Å². The number of rotatable bonds is 3. The molecule has 0 aliphatic carbocycles. The summed E-state index contributed by atoms with van der Waals surface area (Å²) in [5.74, 6) is -0.762. The molecule has 0 unspecified atom stereocenters. The minimum absolute atomic E-state index is 0.0244. The van der Waals surface area contributed by atoms with Gasteiger partial charge in [-0.05, 0) is 31.2 Å². The molecule has 0 bridgehead atoms. The van der Waals surface area contributed by atoms with Gasteiger partial charge in [0.25, 0.3) is 0 Å². The third-order valence-electron chi connectivity index (χ3n) is 5.62. The number of halogens is 2. The SMILES string of the molecule is C=CC(=O)N1CCN(c2nc(=O)n(C)c3nc(-c4c(O)cccc4F)c(Cl)cc23)[C@@H](C)C1. The predicted octanol–water partition coefficient (Wildman–Crippen LogP) is 2.72. The molecule has 1 aliphatic heterocycles. The first-order valence-corrected chi connectivity index (χ1v) is 10.3. The first-order valence-electron chi connectivity index (χ1n) is 9.96. The Labute approximate surface area is 188 Å². The first-order chi connectivity index (χ1) is 15.2. The molecule has 8 nitrogen and oxygen atoms in total. The molecule has 1 amide bonds. The number of fused-ring (bicyclic) bond motifs is 1. The second-order valence-electron chi connectivity index (χ2n) is 7.63. The maximum atomic E-state index is 14.5. The van der Waals surface area contributed by atoms with Crippen LogP contribution in [-0.4, -0.2) is 56.1 Å². The Bertz CT molecular complexity index is 1290. The molecule has 3 heterocycles. The second-order valence-corrected chi connectivity index (χ2v) is 8.04. The molecular weight excluding hydrogens is 437 g/mol. The fourth-order valence-electron chi connectivity index (χ4n) is 3.96. The monoisotopic (exact) mass is 457 g/mol. The number of phenols is 1. The number of hydrogen-bond acceptors (Lipinski definition) is 6. The number of carbonyl (C=O) groups is 1. The highest BCUT2D eigenvalue weighted by atomic mass is 35.5. The van der Waals surface area contributed by atoms with Crippen molar-refractivity contribution in [1.29, 1.82) is 0 Å². The molecule has 166 valence electrons. The van der Waals surface area contributed by atoms with E-state index in [1.165, 1.54) is 35.9 Å². The quantitative estimate of drug-likeness (QED) is 0.608. The Hall–Kier alpha value is -3.46. The Morgan fingerprint density at radius 1 is 1.34 bits per heavy atom. The zero-order chi connectivity index (χ0) is 23.2. The lowest BCUT2D eigenvalue weighted by Gasteiger charge is -2.40. The van der Waals surface area contributed by atoms with Crippen LogP contribution in [0.25, 0.3) is 22.3 Å². The maximum Gasteiger partial charge on any atom is 0.350 e. The number of phenolic OH excluding ortho intramolecular Hbond substituents is 1. The van der Waals surface area contributed by atoms with Crippen LogP contribution >= 0.6 is 11.6 Å². The van der Waals surface area contributed by atoms with E-state index in [1.54, 1.807) is 11.0 Å². The predicted molar refractivity (Wildman–Crippen MR) is 120 cm³/mol. The van der Waals surface area contributed by atoms with Crippen molar-refractivity contribution in [2.45, 2.75) is 13.0 Å². The average molecular weight is 458 g/mol. The van der Waals surface area contributed by atoms with Crippen molar-refractivity contribution in [2.24, 2.45) is 7.05 Å².